The van der Waals surface area contributed by atoms with Crippen molar-refractivity contribution in [2.45, 2.75) is 6.18 Å². The molecule has 0 atom stereocenters. The van der Waals surface area contributed by atoms with Crippen LogP contribution in [0.3, 0.4) is 0 Å². The summed E-state index contributed by atoms with van der Waals surface area (Å²) in [6.45, 7) is 0. The van der Waals surface area contributed by atoms with E-state index in [-0.39, 0.29) is 27.1 Å². The molecule has 0 spiro atoms. The number of hydrogen-bond donors (Lipinski definition) is 1. The Bertz CT molecular complexity index is 969. The van der Waals surface area contributed by atoms with Crippen LogP contribution in [-0.2, 0) is 6.18 Å². The monoisotopic (exact) mass is 398 g/mol. The Kier molecular flexibility index (Phi) is 5.56. The van der Waals surface area contributed by atoms with Crippen molar-refractivity contribution in [1.82, 2.24) is 9.78 Å². The van der Waals surface area contributed by atoms with E-state index >= 15 is 0 Å². The molecule has 0 saturated heterocycles. The number of nitriles is 2. The summed E-state index contributed by atoms with van der Waals surface area (Å²) in [5.74, 6) is 0. The smallest absolute Gasteiger partial charge is 0.388 e. The summed E-state index contributed by atoms with van der Waals surface area (Å²) < 4.78 is 39.5. The zero-order valence-corrected chi connectivity index (χ0v) is 14.1. The van der Waals surface area contributed by atoms with E-state index in [9.17, 15) is 13.2 Å². The van der Waals surface area contributed by atoms with Gasteiger partial charge in [0.15, 0.2) is 5.70 Å². The van der Waals surface area contributed by atoms with Gasteiger partial charge in [-0.1, -0.05) is 23.2 Å². The Balaban J connectivity index is 2.40. The number of nitrogens with zero attached hydrogens (tertiary/aromatic N) is 5. The van der Waals surface area contributed by atoms with E-state index in [1.54, 1.807) is 12.1 Å². The predicted molar refractivity (Wildman–Crippen MR) is 88.6 cm³/mol. The van der Waals surface area contributed by atoms with Crippen molar-refractivity contribution < 1.29 is 13.2 Å². The molecule has 0 unspecified atom stereocenters. The average Bonchev–Trinajstić information content (AvgIpc) is 3.02. The molecule has 0 radical (unpaired) electrons. The van der Waals surface area contributed by atoms with Crippen molar-refractivity contribution in [2.24, 2.45) is 10.7 Å². The summed E-state index contributed by atoms with van der Waals surface area (Å²) in [6, 6.07) is 4.72. The number of benzene rings is 1. The third-order valence-corrected chi connectivity index (χ3v) is 3.58. The van der Waals surface area contributed by atoms with E-state index in [0.29, 0.717) is 5.56 Å². The summed E-state index contributed by atoms with van der Waals surface area (Å²) in [4.78, 5) is 3.76. The van der Waals surface area contributed by atoms with Crippen molar-refractivity contribution in [2.75, 3.05) is 0 Å². The lowest BCUT2D eigenvalue weighted by atomic mass is 10.2. The van der Waals surface area contributed by atoms with Crippen molar-refractivity contribution in [3.8, 4) is 17.8 Å². The fourth-order valence-electron chi connectivity index (χ4n) is 1.82. The van der Waals surface area contributed by atoms with Gasteiger partial charge in [0.25, 0.3) is 0 Å². The van der Waals surface area contributed by atoms with Crippen LogP contribution < -0.4 is 5.73 Å². The number of rotatable bonds is 3. The van der Waals surface area contributed by atoms with E-state index in [2.05, 4.69) is 10.1 Å². The fourth-order valence-corrected chi connectivity index (χ4v) is 2.48. The first-order valence-corrected chi connectivity index (χ1v) is 7.38. The lowest BCUT2D eigenvalue weighted by molar-refractivity contribution is -0.137. The van der Waals surface area contributed by atoms with Crippen molar-refractivity contribution >= 4 is 29.4 Å². The Morgan fingerprint density at radius 1 is 1.23 bits per heavy atom. The molecule has 2 aromatic rings. The van der Waals surface area contributed by atoms with Gasteiger partial charge in [-0.3, -0.25) is 0 Å². The molecule has 0 aliphatic carbocycles. The number of alkyl halides is 3. The summed E-state index contributed by atoms with van der Waals surface area (Å²) in [5.41, 5.74) is 4.10. The minimum Gasteiger partial charge on any atom is -0.388 e. The largest absolute Gasteiger partial charge is 0.416 e. The van der Waals surface area contributed by atoms with Crippen LogP contribution in [-0.4, -0.2) is 16.0 Å². The molecule has 0 saturated carbocycles. The van der Waals surface area contributed by atoms with Crippen LogP contribution in [0.2, 0.25) is 10.0 Å². The molecule has 0 aliphatic heterocycles. The van der Waals surface area contributed by atoms with E-state index in [1.807, 2.05) is 0 Å². The molecule has 0 aliphatic rings. The molecule has 0 bridgehead atoms. The molecule has 2 rings (SSSR count). The minimum atomic E-state index is -4.59. The molecular weight excluding hydrogens is 392 g/mol. The van der Waals surface area contributed by atoms with Crippen LogP contribution in [0.1, 0.15) is 11.1 Å². The van der Waals surface area contributed by atoms with E-state index in [4.69, 9.17) is 39.5 Å². The predicted octanol–water partition coefficient (Wildman–Crippen LogP) is 3.83. The van der Waals surface area contributed by atoms with Gasteiger partial charge in [-0.25, -0.2) is 9.67 Å². The highest BCUT2D eigenvalue weighted by Gasteiger charge is 2.32. The first kappa shape index (κ1) is 19.3. The maximum absolute atomic E-state index is 12.8. The number of hydrogen-bond acceptors (Lipinski definition) is 5. The van der Waals surface area contributed by atoms with Gasteiger partial charge in [0.1, 0.15) is 23.5 Å². The van der Waals surface area contributed by atoms with Gasteiger partial charge in [-0.2, -0.15) is 28.8 Å². The first-order valence-electron chi connectivity index (χ1n) is 6.62. The quantitative estimate of drug-likeness (QED) is 0.626. The molecule has 6 nitrogen and oxygen atoms in total. The van der Waals surface area contributed by atoms with Gasteiger partial charge in [-0.15, -0.1) is 0 Å². The molecule has 26 heavy (non-hydrogen) atoms. The van der Waals surface area contributed by atoms with Gasteiger partial charge >= 0.3 is 6.18 Å². The zero-order chi connectivity index (χ0) is 19.5. The van der Waals surface area contributed by atoms with Crippen LogP contribution >= 0.6 is 23.2 Å². The standard InChI is InChI=1S/C15H7Cl2F3N6/c16-10-1-9(15(18,19)20)2-11(17)14(10)26-7-8(6-25-26)5-24-13(4-22)12(23)3-21/h1-2,5-7H,23H2/b13-12-,24-5?. The van der Waals surface area contributed by atoms with Gasteiger partial charge in [0.2, 0.25) is 0 Å². The highest BCUT2D eigenvalue weighted by Crippen LogP contribution is 2.37. The summed E-state index contributed by atoms with van der Waals surface area (Å²) >= 11 is 11.8. The third-order valence-electron chi connectivity index (χ3n) is 3.00. The zero-order valence-electron chi connectivity index (χ0n) is 12.6. The second-order valence-electron chi connectivity index (χ2n) is 4.75. The second-order valence-corrected chi connectivity index (χ2v) is 5.56. The Labute approximate surface area is 155 Å². The number of aromatic nitrogens is 2. The topological polar surface area (TPSA) is 104 Å². The summed E-state index contributed by atoms with van der Waals surface area (Å²) in [5, 5.41) is 21.0. The molecular formula is C15H7Cl2F3N6. The van der Waals surface area contributed by atoms with Gasteiger partial charge in [-0.05, 0) is 12.1 Å². The SMILES string of the molecule is N#C/C(N)=C(\C#N)N=Cc1cnn(-c2c(Cl)cc(C(F)(F)F)cc2Cl)c1. The number of aliphatic imine (C=N–C) groups is 1. The lowest BCUT2D eigenvalue weighted by Crippen LogP contribution is -2.06. The average molecular weight is 399 g/mol. The fraction of sp³-hybridized carbons (Fsp3) is 0.0667. The second kappa shape index (κ2) is 7.48. The van der Waals surface area contributed by atoms with Crippen LogP contribution in [0, 0.1) is 22.7 Å². The van der Waals surface area contributed by atoms with Crippen molar-refractivity contribution in [3.05, 3.63) is 57.1 Å². The maximum atomic E-state index is 12.8. The number of allylic oxidation sites excluding steroid dienone is 2. The summed E-state index contributed by atoms with van der Waals surface area (Å²) in [6.07, 6.45) is -0.695. The van der Waals surface area contributed by atoms with Crippen molar-refractivity contribution in [1.29, 1.82) is 10.5 Å². The van der Waals surface area contributed by atoms with Gasteiger partial charge in [0.05, 0.1) is 21.8 Å². The van der Waals surface area contributed by atoms with Crippen LogP contribution in [0.5, 0.6) is 0 Å². The number of nitrogens with two attached hydrogens (primary N) is 1. The van der Waals surface area contributed by atoms with E-state index in [0.717, 1.165) is 16.8 Å². The molecule has 1 aromatic heterocycles. The Morgan fingerprint density at radius 3 is 2.35 bits per heavy atom. The Hall–Kier alpha value is -3.01. The molecule has 11 heteroatoms. The first-order chi connectivity index (χ1) is 12.2. The highest BCUT2D eigenvalue weighted by molar-refractivity contribution is 6.37. The van der Waals surface area contributed by atoms with E-state index < -0.39 is 11.7 Å². The third kappa shape index (κ3) is 4.14. The van der Waals surface area contributed by atoms with Gasteiger partial charge in [0, 0.05) is 18.0 Å². The Morgan fingerprint density at radius 2 is 1.85 bits per heavy atom. The molecule has 132 valence electrons. The van der Waals surface area contributed by atoms with Crippen LogP contribution in [0.4, 0.5) is 13.2 Å². The van der Waals surface area contributed by atoms with E-state index in [1.165, 1.54) is 18.6 Å². The van der Waals surface area contributed by atoms with Crippen LogP contribution in [0.25, 0.3) is 5.69 Å². The lowest BCUT2D eigenvalue weighted by Gasteiger charge is -2.12. The van der Waals surface area contributed by atoms with Crippen molar-refractivity contribution in [3.63, 3.8) is 0 Å². The molecule has 1 aromatic carbocycles. The minimum absolute atomic E-state index is 0.0496. The normalized spacial score (nSPS) is 12.6. The molecule has 0 fully saturated rings. The summed E-state index contributed by atoms with van der Waals surface area (Å²) in [7, 11) is 0. The van der Waals surface area contributed by atoms with Crippen LogP contribution in [0.15, 0.2) is 40.9 Å². The molecule has 0 amide bonds. The molecule has 1 heterocycles. The number of halogens is 5. The highest BCUT2D eigenvalue weighted by atomic mass is 35.5. The molecule has 2 N–H and O–H groups in total. The maximum Gasteiger partial charge on any atom is 0.416 e. The van der Waals surface area contributed by atoms with Gasteiger partial charge < -0.3 is 5.73 Å².